The number of pyridine rings is 2. The summed E-state index contributed by atoms with van der Waals surface area (Å²) in [5, 5.41) is 4.44. The molecule has 0 atom stereocenters. The number of para-hydroxylation sites is 1. The van der Waals surface area contributed by atoms with Crippen molar-refractivity contribution in [3.63, 3.8) is 0 Å². The molecule has 0 aliphatic carbocycles. The molecular weight excluding hydrogens is 360 g/mol. The number of nitrogens with two attached hydrogens (primary N) is 1. The van der Waals surface area contributed by atoms with Crippen LogP contribution in [0.15, 0.2) is 42.6 Å². The molecule has 0 saturated heterocycles. The van der Waals surface area contributed by atoms with E-state index < -0.39 is 0 Å². The predicted octanol–water partition coefficient (Wildman–Crippen LogP) is 4.19. The van der Waals surface area contributed by atoms with E-state index in [1.807, 2.05) is 24.3 Å². The summed E-state index contributed by atoms with van der Waals surface area (Å²) in [5.74, 6) is -0.406. The number of nitrogen functional groups attached to an aromatic ring is 1. The second-order valence-electron chi connectivity index (χ2n) is 6.21. The predicted molar refractivity (Wildman–Crippen MR) is 108 cm³/mol. The molecule has 0 spiro atoms. The molecule has 1 aromatic carbocycles. The van der Waals surface area contributed by atoms with Crippen molar-refractivity contribution in [3.8, 4) is 0 Å². The number of anilines is 2. The van der Waals surface area contributed by atoms with E-state index in [1.165, 1.54) is 18.3 Å². The number of carbonyl (C=O) groups is 2. The zero-order valence-corrected chi connectivity index (χ0v) is 15.6. The van der Waals surface area contributed by atoms with Crippen molar-refractivity contribution in [1.82, 2.24) is 9.97 Å². The van der Waals surface area contributed by atoms with Crippen LogP contribution < -0.4 is 11.1 Å². The lowest BCUT2D eigenvalue weighted by atomic mass is 10.1. The van der Waals surface area contributed by atoms with E-state index in [0.29, 0.717) is 43.2 Å². The van der Waals surface area contributed by atoms with Crippen molar-refractivity contribution >= 4 is 55.5 Å². The Bertz CT molecular complexity index is 1220. The summed E-state index contributed by atoms with van der Waals surface area (Å²) in [6, 6.07) is 11.1. The molecule has 0 unspecified atom stereocenters. The maximum atomic E-state index is 12.8. The van der Waals surface area contributed by atoms with Crippen molar-refractivity contribution in [3.05, 3.63) is 58.7 Å². The van der Waals surface area contributed by atoms with Gasteiger partial charge in [-0.1, -0.05) is 18.2 Å². The van der Waals surface area contributed by atoms with Gasteiger partial charge in [-0.15, -0.1) is 11.3 Å². The number of nitrogens with zero attached hydrogens (tertiary/aromatic N) is 2. The topological polar surface area (TPSA) is 98.0 Å². The standard InChI is InChI=1S/C20H16N4O2S/c1-10-13(11(2)25)9-14-16(21)18(27-20(14)23-10)19(26)24-15-7-3-5-12-6-4-8-22-17(12)15/h3-9H,21H2,1-2H3,(H,24,26). The van der Waals surface area contributed by atoms with Gasteiger partial charge in [-0.3, -0.25) is 14.6 Å². The minimum atomic E-state index is -0.323. The molecule has 3 N–H and O–H groups in total. The first-order chi connectivity index (χ1) is 13.0. The smallest absolute Gasteiger partial charge is 0.268 e. The lowest BCUT2D eigenvalue weighted by molar-refractivity contribution is 0.101. The zero-order chi connectivity index (χ0) is 19.1. The summed E-state index contributed by atoms with van der Waals surface area (Å²) < 4.78 is 0. The maximum Gasteiger partial charge on any atom is 0.268 e. The van der Waals surface area contributed by atoms with E-state index in [2.05, 4.69) is 15.3 Å². The third-order valence-corrected chi connectivity index (χ3v) is 5.49. The van der Waals surface area contributed by atoms with E-state index in [0.717, 1.165) is 5.39 Å². The van der Waals surface area contributed by atoms with Gasteiger partial charge in [-0.05, 0) is 32.0 Å². The van der Waals surface area contributed by atoms with Crippen LogP contribution in [0.25, 0.3) is 21.1 Å². The van der Waals surface area contributed by atoms with Crippen LogP contribution in [0.3, 0.4) is 0 Å². The largest absolute Gasteiger partial charge is 0.397 e. The Hall–Kier alpha value is -3.32. The molecule has 1 amide bonds. The quantitative estimate of drug-likeness (QED) is 0.523. The Labute approximate surface area is 159 Å². The van der Waals surface area contributed by atoms with Crippen molar-refractivity contribution in [1.29, 1.82) is 0 Å². The van der Waals surface area contributed by atoms with Crippen molar-refractivity contribution < 1.29 is 9.59 Å². The highest BCUT2D eigenvalue weighted by molar-refractivity contribution is 7.21. The lowest BCUT2D eigenvalue weighted by Gasteiger charge is -2.07. The number of aromatic nitrogens is 2. The number of nitrogens with one attached hydrogen (secondary N) is 1. The van der Waals surface area contributed by atoms with Crippen molar-refractivity contribution in [2.45, 2.75) is 13.8 Å². The summed E-state index contributed by atoms with van der Waals surface area (Å²) in [6.45, 7) is 3.26. The Morgan fingerprint density at radius 1 is 1.19 bits per heavy atom. The first-order valence-electron chi connectivity index (χ1n) is 8.31. The molecule has 0 aliphatic heterocycles. The van der Waals surface area contributed by atoms with E-state index in [4.69, 9.17) is 5.73 Å². The zero-order valence-electron chi connectivity index (χ0n) is 14.7. The third-order valence-electron chi connectivity index (χ3n) is 4.38. The van der Waals surface area contributed by atoms with E-state index in [9.17, 15) is 9.59 Å². The van der Waals surface area contributed by atoms with Gasteiger partial charge in [0.25, 0.3) is 5.91 Å². The number of fused-ring (bicyclic) bond motifs is 2. The van der Waals surface area contributed by atoms with Crippen LogP contribution in [0.5, 0.6) is 0 Å². The Morgan fingerprint density at radius 3 is 2.74 bits per heavy atom. The first kappa shape index (κ1) is 17.1. The molecule has 0 radical (unpaired) electrons. The van der Waals surface area contributed by atoms with Crippen LogP contribution in [0.1, 0.15) is 32.6 Å². The second-order valence-corrected chi connectivity index (χ2v) is 7.21. The van der Waals surface area contributed by atoms with Crippen LogP contribution in [-0.4, -0.2) is 21.7 Å². The summed E-state index contributed by atoms with van der Waals surface area (Å²) in [7, 11) is 0. The number of hydrogen-bond donors (Lipinski definition) is 2. The molecule has 3 aromatic heterocycles. The van der Waals surface area contributed by atoms with Gasteiger partial charge in [0.15, 0.2) is 5.78 Å². The maximum absolute atomic E-state index is 12.8. The van der Waals surface area contributed by atoms with Crippen molar-refractivity contribution in [2.24, 2.45) is 0 Å². The molecule has 134 valence electrons. The molecule has 6 nitrogen and oxygen atoms in total. The van der Waals surface area contributed by atoms with E-state index in [1.54, 1.807) is 25.3 Å². The van der Waals surface area contributed by atoms with Crippen molar-refractivity contribution in [2.75, 3.05) is 11.1 Å². The number of rotatable bonds is 3. The molecular formula is C20H16N4O2S. The highest BCUT2D eigenvalue weighted by Gasteiger charge is 2.20. The van der Waals surface area contributed by atoms with E-state index in [-0.39, 0.29) is 11.7 Å². The second kappa shape index (κ2) is 6.44. The fourth-order valence-electron chi connectivity index (χ4n) is 3.04. The molecule has 3 heterocycles. The minimum absolute atomic E-state index is 0.0830. The first-order valence-corrected chi connectivity index (χ1v) is 9.13. The Kier molecular flexibility index (Phi) is 4.08. The number of Topliss-reactive ketones (excluding diaryl/α,β-unsaturated/α-hetero) is 1. The molecule has 27 heavy (non-hydrogen) atoms. The van der Waals surface area contributed by atoms with E-state index >= 15 is 0 Å². The van der Waals surface area contributed by atoms with Crippen LogP contribution >= 0.6 is 11.3 Å². The lowest BCUT2D eigenvalue weighted by Crippen LogP contribution is -2.12. The number of amides is 1. The summed E-state index contributed by atoms with van der Waals surface area (Å²) in [5.41, 5.74) is 9.00. The summed E-state index contributed by atoms with van der Waals surface area (Å²) >= 11 is 1.21. The third kappa shape index (κ3) is 2.92. The fourth-order valence-corrected chi connectivity index (χ4v) is 4.06. The van der Waals surface area contributed by atoms with Crippen LogP contribution in [0.2, 0.25) is 0 Å². The molecule has 0 bridgehead atoms. The van der Waals surface area contributed by atoms with Gasteiger partial charge in [-0.2, -0.15) is 0 Å². The van der Waals surface area contributed by atoms with Crippen LogP contribution in [0, 0.1) is 6.92 Å². The summed E-state index contributed by atoms with van der Waals surface area (Å²) in [4.78, 5) is 34.4. The number of thiophene rings is 1. The molecule has 0 saturated carbocycles. The molecule has 7 heteroatoms. The average molecular weight is 376 g/mol. The van der Waals surface area contributed by atoms with Gasteiger partial charge < -0.3 is 11.1 Å². The van der Waals surface area contributed by atoms with Gasteiger partial charge in [-0.25, -0.2) is 4.98 Å². The monoisotopic (exact) mass is 376 g/mol. The van der Waals surface area contributed by atoms with Gasteiger partial charge in [0, 0.05) is 28.2 Å². The number of aryl methyl sites for hydroxylation is 1. The Balaban J connectivity index is 1.76. The molecule has 4 aromatic rings. The highest BCUT2D eigenvalue weighted by atomic mass is 32.1. The normalized spacial score (nSPS) is 11.0. The number of ketones is 1. The number of carbonyl (C=O) groups excluding carboxylic acids is 2. The van der Waals surface area contributed by atoms with Crippen LogP contribution in [0.4, 0.5) is 11.4 Å². The average Bonchev–Trinajstić information content (AvgIpc) is 2.97. The molecule has 0 aliphatic rings. The van der Waals surface area contributed by atoms with Gasteiger partial charge in [0.2, 0.25) is 0 Å². The molecule has 0 fully saturated rings. The van der Waals surface area contributed by atoms with Gasteiger partial charge in [0.05, 0.1) is 16.9 Å². The summed E-state index contributed by atoms with van der Waals surface area (Å²) in [6.07, 6.45) is 1.68. The van der Waals surface area contributed by atoms with Gasteiger partial charge in [0.1, 0.15) is 9.71 Å². The number of hydrogen-bond acceptors (Lipinski definition) is 6. The molecule has 4 rings (SSSR count). The minimum Gasteiger partial charge on any atom is -0.397 e. The SMILES string of the molecule is CC(=O)c1cc2c(N)c(C(=O)Nc3cccc4cccnc34)sc2nc1C. The fraction of sp³-hybridized carbons (Fsp3) is 0.100. The highest BCUT2D eigenvalue weighted by Crippen LogP contribution is 2.34. The Morgan fingerprint density at radius 2 is 1.96 bits per heavy atom. The van der Waals surface area contributed by atoms with Crippen LogP contribution in [-0.2, 0) is 0 Å². The van der Waals surface area contributed by atoms with Gasteiger partial charge >= 0.3 is 0 Å². The number of benzene rings is 1.